The second-order valence-corrected chi connectivity index (χ2v) is 7.66. The van der Waals surface area contributed by atoms with Crippen LogP contribution >= 0.6 is 15.9 Å². The molecule has 0 saturated carbocycles. The van der Waals surface area contributed by atoms with Crippen molar-refractivity contribution in [2.24, 2.45) is 0 Å². The Bertz CT molecular complexity index is 813. The zero-order chi connectivity index (χ0) is 19.8. The number of hydrogen-bond acceptors (Lipinski definition) is 3. The fraction of sp³-hybridized carbons (Fsp3) is 0.273. The summed E-state index contributed by atoms with van der Waals surface area (Å²) in [5, 5.41) is 2.95. The Hall–Kier alpha value is -2.44. The maximum Gasteiger partial charge on any atom is 0.246 e. The van der Waals surface area contributed by atoms with Crippen molar-refractivity contribution in [2.45, 2.75) is 6.54 Å². The van der Waals surface area contributed by atoms with Crippen LogP contribution in [0.1, 0.15) is 11.1 Å². The molecule has 2 aromatic carbocycles. The van der Waals surface area contributed by atoms with Gasteiger partial charge in [-0.15, -0.1) is 0 Å². The van der Waals surface area contributed by atoms with Gasteiger partial charge >= 0.3 is 0 Å². The molecule has 3 rings (SSSR count). The van der Waals surface area contributed by atoms with Crippen molar-refractivity contribution in [2.75, 3.05) is 32.7 Å². The minimum atomic E-state index is 0.0103. The summed E-state index contributed by atoms with van der Waals surface area (Å²) in [6.45, 7) is 3.58. The number of carbonyl (C=O) groups excluding carboxylic acids is 2. The predicted molar refractivity (Wildman–Crippen MR) is 114 cm³/mol. The Morgan fingerprint density at radius 3 is 2.32 bits per heavy atom. The fourth-order valence-electron chi connectivity index (χ4n) is 3.03. The van der Waals surface area contributed by atoms with Gasteiger partial charge in [0, 0.05) is 43.3 Å². The highest BCUT2D eigenvalue weighted by Crippen LogP contribution is 2.12. The second kappa shape index (κ2) is 10.2. The van der Waals surface area contributed by atoms with Crippen LogP contribution in [-0.2, 0) is 16.1 Å². The number of amides is 2. The smallest absolute Gasteiger partial charge is 0.246 e. The maximum atomic E-state index is 12.4. The number of nitrogens with one attached hydrogen (secondary N) is 1. The number of piperazine rings is 1. The standard InChI is InChI=1S/C22H24BrN3O2/c23-20-9-6-18(7-10-20)8-11-22(28)26-14-12-25(13-15-26)17-21(27)24-16-19-4-2-1-3-5-19/h1-11H,12-17H2,(H,24,27)/b11-8+. The van der Waals surface area contributed by atoms with Crippen molar-refractivity contribution >= 4 is 33.8 Å². The minimum absolute atomic E-state index is 0.0103. The van der Waals surface area contributed by atoms with Crippen LogP contribution < -0.4 is 5.32 Å². The van der Waals surface area contributed by atoms with Gasteiger partial charge in [-0.25, -0.2) is 0 Å². The molecule has 2 aromatic rings. The van der Waals surface area contributed by atoms with Gasteiger partial charge in [0.1, 0.15) is 0 Å². The van der Waals surface area contributed by atoms with Gasteiger partial charge in [0.05, 0.1) is 6.54 Å². The monoisotopic (exact) mass is 441 g/mol. The lowest BCUT2D eigenvalue weighted by Crippen LogP contribution is -2.50. The molecule has 1 N–H and O–H groups in total. The molecule has 0 aromatic heterocycles. The molecule has 0 bridgehead atoms. The summed E-state index contributed by atoms with van der Waals surface area (Å²) in [5.41, 5.74) is 2.08. The van der Waals surface area contributed by atoms with E-state index in [0.29, 0.717) is 39.3 Å². The van der Waals surface area contributed by atoms with Gasteiger partial charge in [0.15, 0.2) is 0 Å². The quantitative estimate of drug-likeness (QED) is 0.701. The van der Waals surface area contributed by atoms with Gasteiger partial charge in [0.2, 0.25) is 11.8 Å². The Labute approximate surface area is 174 Å². The maximum absolute atomic E-state index is 12.4. The van der Waals surface area contributed by atoms with Gasteiger partial charge in [-0.05, 0) is 29.3 Å². The second-order valence-electron chi connectivity index (χ2n) is 6.75. The lowest BCUT2D eigenvalue weighted by Gasteiger charge is -2.33. The summed E-state index contributed by atoms with van der Waals surface area (Å²) >= 11 is 3.40. The van der Waals surface area contributed by atoms with E-state index in [1.165, 1.54) is 0 Å². The van der Waals surface area contributed by atoms with Crippen LogP contribution in [0.5, 0.6) is 0 Å². The van der Waals surface area contributed by atoms with Crippen LogP contribution in [0, 0.1) is 0 Å². The zero-order valence-corrected chi connectivity index (χ0v) is 17.3. The first-order chi connectivity index (χ1) is 13.6. The molecule has 0 atom stereocenters. The van der Waals surface area contributed by atoms with Crippen LogP contribution in [0.25, 0.3) is 6.08 Å². The number of nitrogens with zero attached hydrogens (tertiary/aromatic N) is 2. The van der Waals surface area contributed by atoms with Crippen molar-refractivity contribution in [3.8, 4) is 0 Å². The fourth-order valence-corrected chi connectivity index (χ4v) is 3.29. The largest absolute Gasteiger partial charge is 0.351 e. The number of rotatable bonds is 6. The first-order valence-corrected chi connectivity index (χ1v) is 10.1. The molecule has 6 heteroatoms. The molecule has 28 heavy (non-hydrogen) atoms. The van der Waals surface area contributed by atoms with Crippen molar-refractivity contribution in [3.63, 3.8) is 0 Å². The summed E-state index contributed by atoms with van der Waals surface area (Å²) in [7, 11) is 0. The number of hydrogen-bond donors (Lipinski definition) is 1. The molecular weight excluding hydrogens is 418 g/mol. The van der Waals surface area contributed by atoms with Crippen LogP contribution in [0.2, 0.25) is 0 Å². The lowest BCUT2D eigenvalue weighted by atomic mass is 10.2. The third kappa shape index (κ3) is 6.32. The lowest BCUT2D eigenvalue weighted by molar-refractivity contribution is -0.128. The highest BCUT2D eigenvalue weighted by Gasteiger charge is 2.21. The van der Waals surface area contributed by atoms with Crippen molar-refractivity contribution < 1.29 is 9.59 Å². The van der Waals surface area contributed by atoms with Gasteiger partial charge in [-0.2, -0.15) is 0 Å². The van der Waals surface area contributed by atoms with E-state index >= 15 is 0 Å². The Balaban J connectivity index is 1.39. The van der Waals surface area contributed by atoms with E-state index in [1.807, 2.05) is 65.6 Å². The molecule has 0 aliphatic carbocycles. The van der Waals surface area contributed by atoms with Crippen molar-refractivity contribution in [3.05, 3.63) is 76.3 Å². The summed E-state index contributed by atoms with van der Waals surface area (Å²) < 4.78 is 1.01. The molecule has 1 saturated heterocycles. The Morgan fingerprint density at radius 2 is 1.64 bits per heavy atom. The number of benzene rings is 2. The average molecular weight is 442 g/mol. The third-order valence-corrected chi connectivity index (χ3v) is 5.20. The summed E-state index contributed by atoms with van der Waals surface area (Å²) in [6, 6.07) is 17.7. The van der Waals surface area contributed by atoms with E-state index in [1.54, 1.807) is 6.08 Å². The molecule has 1 aliphatic rings. The van der Waals surface area contributed by atoms with E-state index in [4.69, 9.17) is 0 Å². The molecule has 1 aliphatic heterocycles. The van der Waals surface area contributed by atoms with E-state index in [-0.39, 0.29) is 11.8 Å². The van der Waals surface area contributed by atoms with Crippen LogP contribution in [0.3, 0.4) is 0 Å². The first-order valence-electron chi connectivity index (χ1n) is 9.36. The molecule has 5 nitrogen and oxygen atoms in total. The van der Waals surface area contributed by atoms with Gasteiger partial charge < -0.3 is 10.2 Å². The highest BCUT2D eigenvalue weighted by atomic mass is 79.9. The zero-order valence-electron chi connectivity index (χ0n) is 15.7. The molecule has 0 spiro atoms. The van der Waals surface area contributed by atoms with Gasteiger partial charge in [0.25, 0.3) is 0 Å². The minimum Gasteiger partial charge on any atom is -0.351 e. The molecular formula is C22H24BrN3O2. The van der Waals surface area contributed by atoms with Crippen LogP contribution in [0.4, 0.5) is 0 Å². The summed E-state index contributed by atoms with van der Waals surface area (Å²) in [5.74, 6) is 0.0230. The summed E-state index contributed by atoms with van der Waals surface area (Å²) in [6.07, 6.45) is 3.45. The summed E-state index contributed by atoms with van der Waals surface area (Å²) in [4.78, 5) is 28.4. The van der Waals surface area contributed by atoms with Crippen molar-refractivity contribution in [1.29, 1.82) is 0 Å². The van der Waals surface area contributed by atoms with E-state index < -0.39 is 0 Å². The first kappa shape index (κ1) is 20.3. The number of carbonyl (C=O) groups is 2. The normalized spacial score (nSPS) is 15.0. The van der Waals surface area contributed by atoms with Gasteiger partial charge in [-0.1, -0.05) is 58.4 Å². The third-order valence-electron chi connectivity index (χ3n) is 4.67. The SMILES string of the molecule is O=C(CN1CCN(C(=O)/C=C/c2ccc(Br)cc2)CC1)NCc1ccccc1. The van der Waals surface area contributed by atoms with Crippen LogP contribution in [-0.4, -0.2) is 54.3 Å². The average Bonchev–Trinajstić information content (AvgIpc) is 2.73. The number of halogens is 1. The van der Waals surface area contributed by atoms with E-state index in [2.05, 4.69) is 26.1 Å². The molecule has 1 fully saturated rings. The Kier molecular flexibility index (Phi) is 7.39. The van der Waals surface area contributed by atoms with Gasteiger partial charge in [-0.3, -0.25) is 14.5 Å². The van der Waals surface area contributed by atoms with Crippen molar-refractivity contribution in [1.82, 2.24) is 15.1 Å². The predicted octanol–water partition coefficient (Wildman–Crippen LogP) is 2.92. The topological polar surface area (TPSA) is 52.7 Å². The van der Waals surface area contributed by atoms with E-state index in [0.717, 1.165) is 15.6 Å². The van der Waals surface area contributed by atoms with Crippen LogP contribution in [0.15, 0.2) is 65.1 Å². The Morgan fingerprint density at radius 1 is 0.964 bits per heavy atom. The molecule has 146 valence electrons. The molecule has 0 radical (unpaired) electrons. The highest BCUT2D eigenvalue weighted by molar-refractivity contribution is 9.10. The molecule has 2 amide bonds. The molecule has 1 heterocycles. The van der Waals surface area contributed by atoms with E-state index in [9.17, 15) is 9.59 Å². The molecule has 0 unspecified atom stereocenters.